The van der Waals surface area contributed by atoms with Gasteiger partial charge < -0.3 is 15.4 Å². The van der Waals surface area contributed by atoms with E-state index in [9.17, 15) is 4.79 Å². The number of nitrogens with one attached hydrogen (secondary N) is 2. The van der Waals surface area contributed by atoms with Gasteiger partial charge in [0.25, 0.3) is 0 Å². The SMILES string of the molecule is CCn1cc([C@@H]2NC(=O)CC[C@H]2NC(C)CC2CCOCC2)cn1. The fourth-order valence-corrected chi connectivity index (χ4v) is 3.92. The summed E-state index contributed by atoms with van der Waals surface area (Å²) < 4.78 is 7.37. The highest BCUT2D eigenvalue weighted by molar-refractivity contribution is 5.77. The number of carbonyl (C=O) groups excluding carboxylic acids is 1. The van der Waals surface area contributed by atoms with E-state index in [1.165, 1.54) is 19.3 Å². The molecule has 0 spiro atoms. The molecule has 0 saturated carbocycles. The van der Waals surface area contributed by atoms with Crippen LogP contribution in [0.4, 0.5) is 0 Å². The highest BCUT2D eigenvalue weighted by Gasteiger charge is 2.32. The van der Waals surface area contributed by atoms with Gasteiger partial charge in [-0.1, -0.05) is 0 Å². The molecule has 3 atom stereocenters. The van der Waals surface area contributed by atoms with E-state index in [1.807, 2.05) is 17.1 Å². The molecule has 1 aromatic rings. The average Bonchev–Trinajstić information content (AvgIpc) is 3.06. The highest BCUT2D eigenvalue weighted by atomic mass is 16.5. The molecule has 2 aliphatic heterocycles. The zero-order valence-electron chi connectivity index (χ0n) is 14.8. The number of rotatable bonds is 6. The lowest BCUT2D eigenvalue weighted by molar-refractivity contribution is -0.124. The van der Waals surface area contributed by atoms with Gasteiger partial charge in [-0.05, 0) is 45.4 Å². The molecular formula is C18H30N4O2. The standard InChI is InChI=1S/C18H30N4O2/c1-3-22-12-15(11-19-22)18-16(4-5-17(23)21-18)20-13(2)10-14-6-8-24-9-7-14/h11-14,16,18,20H,3-10H2,1-2H3,(H,21,23)/t13?,16-,18+/m1/s1. The summed E-state index contributed by atoms with van der Waals surface area (Å²) in [5.41, 5.74) is 1.10. The van der Waals surface area contributed by atoms with Gasteiger partial charge in [0.05, 0.1) is 12.2 Å². The minimum absolute atomic E-state index is 0.0173. The first kappa shape index (κ1) is 17.4. The van der Waals surface area contributed by atoms with Crippen LogP contribution in [-0.4, -0.2) is 41.0 Å². The predicted molar refractivity (Wildman–Crippen MR) is 92.6 cm³/mol. The van der Waals surface area contributed by atoms with E-state index in [2.05, 4.69) is 29.6 Å². The molecule has 0 aliphatic carbocycles. The van der Waals surface area contributed by atoms with Crippen molar-refractivity contribution in [3.63, 3.8) is 0 Å². The second-order valence-corrected chi connectivity index (χ2v) is 7.18. The summed E-state index contributed by atoms with van der Waals surface area (Å²) in [5, 5.41) is 11.3. The Morgan fingerprint density at radius 3 is 2.92 bits per heavy atom. The Morgan fingerprint density at radius 2 is 2.21 bits per heavy atom. The number of aryl methyl sites for hydroxylation is 1. The zero-order chi connectivity index (χ0) is 16.9. The number of aromatic nitrogens is 2. The molecule has 0 radical (unpaired) electrons. The minimum atomic E-state index is 0.0173. The second kappa shape index (κ2) is 8.12. The fraction of sp³-hybridized carbons (Fsp3) is 0.778. The average molecular weight is 334 g/mol. The van der Waals surface area contributed by atoms with Crippen LogP contribution in [0, 0.1) is 5.92 Å². The third-order valence-electron chi connectivity index (χ3n) is 5.26. The van der Waals surface area contributed by atoms with Gasteiger partial charge >= 0.3 is 0 Å². The number of piperidine rings is 1. The molecule has 3 rings (SSSR count). The van der Waals surface area contributed by atoms with Crippen LogP contribution in [0.5, 0.6) is 0 Å². The van der Waals surface area contributed by atoms with Gasteiger partial charge in [-0.3, -0.25) is 9.48 Å². The molecule has 2 saturated heterocycles. The molecule has 0 aromatic carbocycles. The van der Waals surface area contributed by atoms with Gasteiger partial charge in [-0.2, -0.15) is 5.10 Å². The Kier molecular flexibility index (Phi) is 5.89. The van der Waals surface area contributed by atoms with Crippen molar-refractivity contribution in [2.24, 2.45) is 5.92 Å². The van der Waals surface area contributed by atoms with Crippen molar-refractivity contribution < 1.29 is 9.53 Å². The highest BCUT2D eigenvalue weighted by Crippen LogP contribution is 2.26. The maximum atomic E-state index is 11.9. The van der Waals surface area contributed by atoms with Crippen molar-refractivity contribution >= 4 is 5.91 Å². The van der Waals surface area contributed by atoms with E-state index in [0.29, 0.717) is 12.5 Å². The summed E-state index contributed by atoms with van der Waals surface area (Å²) in [6.07, 6.45) is 8.92. The van der Waals surface area contributed by atoms with Crippen molar-refractivity contribution in [3.05, 3.63) is 18.0 Å². The lowest BCUT2D eigenvalue weighted by Gasteiger charge is -2.35. The molecule has 1 unspecified atom stereocenters. The Bertz CT molecular complexity index is 539. The normalized spacial score (nSPS) is 27.0. The maximum absolute atomic E-state index is 11.9. The van der Waals surface area contributed by atoms with Crippen LogP contribution in [0.3, 0.4) is 0 Å². The molecule has 0 bridgehead atoms. The lowest BCUT2D eigenvalue weighted by Crippen LogP contribution is -2.51. The van der Waals surface area contributed by atoms with Crippen LogP contribution in [0.15, 0.2) is 12.4 Å². The van der Waals surface area contributed by atoms with Gasteiger partial charge in [0.15, 0.2) is 0 Å². The third-order valence-corrected chi connectivity index (χ3v) is 5.26. The number of carbonyl (C=O) groups is 1. The number of nitrogens with zero attached hydrogens (tertiary/aromatic N) is 2. The van der Waals surface area contributed by atoms with E-state index >= 15 is 0 Å². The van der Waals surface area contributed by atoms with Crippen molar-refractivity contribution in [1.29, 1.82) is 0 Å². The largest absolute Gasteiger partial charge is 0.381 e. The molecule has 3 heterocycles. The van der Waals surface area contributed by atoms with Crippen molar-refractivity contribution in [2.45, 2.75) is 70.6 Å². The Hall–Kier alpha value is -1.40. The van der Waals surface area contributed by atoms with E-state index in [4.69, 9.17) is 4.74 Å². The summed E-state index contributed by atoms with van der Waals surface area (Å²) in [6, 6.07) is 0.729. The quantitative estimate of drug-likeness (QED) is 0.835. The van der Waals surface area contributed by atoms with Gasteiger partial charge in [-0.25, -0.2) is 0 Å². The first-order chi connectivity index (χ1) is 11.7. The zero-order valence-corrected chi connectivity index (χ0v) is 14.8. The molecule has 24 heavy (non-hydrogen) atoms. The molecule has 134 valence electrons. The number of hydrogen-bond donors (Lipinski definition) is 2. The van der Waals surface area contributed by atoms with Crippen LogP contribution >= 0.6 is 0 Å². The van der Waals surface area contributed by atoms with E-state index in [-0.39, 0.29) is 18.0 Å². The van der Waals surface area contributed by atoms with E-state index in [0.717, 1.165) is 37.7 Å². The van der Waals surface area contributed by atoms with Crippen LogP contribution in [0.25, 0.3) is 0 Å². The summed E-state index contributed by atoms with van der Waals surface area (Å²) in [6.45, 7) is 6.98. The second-order valence-electron chi connectivity index (χ2n) is 7.18. The third kappa shape index (κ3) is 4.36. The molecule has 6 heteroatoms. The summed E-state index contributed by atoms with van der Waals surface area (Å²) in [7, 11) is 0. The van der Waals surface area contributed by atoms with E-state index in [1.54, 1.807) is 0 Å². The Balaban J connectivity index is 1.61. The van der Waals surface area contributed by atoms with Crippen molar-refractivity contribution in [2.75, 3.05) is 13.2 Å². The van der Waals surface area contributed by atoms with Gasteiger partial charge in [0.2, 0.25) is 5.91 Å². The molecule has 2 N–H and O–H groups in total. The van der Waals surface area contributed by atoms with Crippen molar-refractivity contribution in [3.8, 4) is 0 Å². The predicted octanol–water partition coefficient (Wildman–Crippen LogP) is 2.02. The van der Waals surface area contributed by atoms with Gasteiger partial charge in [0.1, 0.15) is 0 Å². The molecule has 1 amide bonds. The minimum Gasteiger partial charge on any atom is -0.381 e. The molecule has 2 fully saturated rings. The fourth-order valence-electron chi connectivity index (χ4n) is 3.92. The van der Waals surface area contributed by atoms with E-state index < -0.39 is 0 Å². The number of hydrogen-bond acceptors (Lipinski definition) is 4. The monoisotopic (exact) mass is 334 g/mol. The molecule has 2 aliphatic rings. The van der Waals surface area contributed by atoms with Crippen molar-refractivity contribution in [1.82, 2.24) is 20.4 Å². The smallest absolute Gasteiger partial charge is 0.220 e. The van der Waals surface area contributed by atoms with Gasteiger partial charge in [0, 0.05) is 50.0 Å². The Morgan fingerprint density at radius 1 is 1.42 bits per heavy atom. The molecule has 1 aromatic heterocycles. The lowest BCUT2D eigenvalue weighted by atomic mass is 9.90. The molecule has 6 nitrogen and oxygen atoms in total. The first-order valence-corrected chi connectivity index (χ1v) is 9.31. The van der Waals surface area contributed by atoms with Crippen LogP contribution in [0.2, 0.25) is 0 Å². The number of ether oxygens (including phenoxy) is 1. The summed E-state index contributed by atoms with van der Waals surface area (Å²) in [4.78, 5) is 11.9. The summed E-state index contributed by atoms with van der Waals surface area (Å²) >= 11 is 0. The Labute approximate surface area is 144 Å². The van der Waals surface area contributed by atoms with Crippen LogP contribution < -0.4 is 10.6 Å². The number of amides is 1. The summed E-state index contributed by atoms with van der Waals surface area (Å²) in [5.74, 6) is 0.889. The maximum Gasteiger partial charge on any atom is 0.220 e. The van der Waals surface area contributed by atoms with Gasteiger partial charge in [-0.15, -0.1) is 0 Å². The van der Waals surface area contributed by atoms with Crippen LogP contribution in [-0.2, 0) is 16.1 Å². The first-order valence-electron chi connectivity index (χ1n) is 9.31. The molecular weight excluding hydrogens is 304 g/mol. The topological polar surface area (TPSA) is 68.2 Å². The van der Waals surface area contributed by atoms with Crippen LogP contribution in [0.1, 0.15) is 57.6 Å².